The molecule has 0 spiro atoms. The summed E-state index contributed by atoms with van der Waals surface area (Å²) in [5.41, 5.74) is 6.28. The number of benzene rings is 4. The average molecular weight is 490 g/mol. The summed E-state index contributed by atoms with van der Waals surface area (Å²) in [4.78, 5) is 13.7. The Bertz CT molecular complexity index is 1530. The van der Waals surface area contributed by atoms with E-state index in [1.807, 2.05) is 48.5 Å². The van der Waals surface area contributed by atoms with Gasteiger partial charge in [-0.3, -0.25) is 4.79 Å². The molecule has 1 aliphatic carbocycles. The van der Waals surface area contributed by atoms with Gasteiger partial charge in [-0.25, -0.2) is 0 Å². The second kappa shape index (κ2) is 9.11. The Morgan fingerprint density at radius 1 is 0.892 bits per heavy atom. The van der Waals surface area contributed by atoms with E-state index in [0.717, 1.165) is 28.8 Å². The average Bonchev–Trinajstić information content (AvgIpc) is 2.91. The molecule has 0 fully saturated rings. The fraction of sp³-hybridized carbons (Fsp3) is 0.242. The molecular weight excluding hydrogens is 458 g/mol. The highest BCUT2D eigenvalue weighted by molar-refractivity contribution is 6.12. The number of ketones is 1. The van der Waals surface area contributed by atoms with E-state index in [1.165, 1.54) is 21.9 Å². The van der Waals surface area contributed by atoms with Gasteiger partial charge in [0, 0.05) is 23.2 Å². The number of fused-ring (bicyclic) bond motifs is 4. The van der Waals surface area contributed by atoms with Crippen molar-refractivity contribution >= 4 is 27.8 Å². The van der Waals surface area contributed by atoms with E-state index in [4.69, 9.17) is 9.47 Å². The Labute approximate surface area is 217 Å². The van der Waals surface area contributed by atoms with Gasteiger partial charge in [-0.1, -0.05) is 80.6 Å². The zero-order valence-corrected chi connectivity index (χ0v) is 21.5. The van der Waals surface area contributed by atoms with Crippen LogP contribution in [0.15, 0.2) is 90.5 Å². The summed E-state index contributed by atoms with van der Waals surface area (Å²) in [5.74, 6) is 1.55. The minimum atomic E-state index is -0.246. The minimum absolute atomic E-state index is 0.0845. The highest BCUT2D eigenvalue weighted by atomic mass is 16.5. The van der Waals surface area contributed by atoms with Crippen molar-refractivity contribution in [1.29, 1.82) is 0 Å². The molecule has 0 bridgehead atoms. The fourth-order valence-corrected chi connectivity index (χ4v) is 5.81. The minimum Gasteiger partial charge on any atom is -0.493 e. The van der Waals surface area contributed by atoms with Crippen LogP contribution in [0.5, 0.6) is 11.5 Å². The van der Waals surface area contributed by atoms with E-state index < -0.39 is 0 Å². The lowest BCUT2D eigenvalue weighted by atomic mass is 9.68. The molecule has 37 heavy (non-hydrogen) atoms. The highest BCUT2D eigenvalue weighted by Crippen LogP contribution is 2.52. The van der Waals surface area contributed by atoms with Crippen molar-refractivity contribution < 1.29 is 14.3 Å². The van der Waals surface area contributed by atoms with Crippen LogP contribution in [-0.2, 0) is 11.4 Å². The topological polar surface area (TPSA) is 47.6 Å². The van der Waals surface area contributed by atoms with E-state index in [-0.39, 0.29) is 17.2 Å². The Hall–Kier alpha value is -4.05. The summed E-state index contributed by atoms with van der Waals surface area (Å²) in [6.07, 6.45) is 1.40. The standard InChI is InChI=1S/C33H31NO3/c1-33(2)18-25-30-24-12-8-7-11-22(24)13-15-26(30)34-32(31(25)27(35)19-33)23-14-16-28(29(17-23)36-3)37-20-21-9-5-4-6-10-21/h4-17,32,34H,18-20H2,1-3H3/t32-/m1/s1. The van der Waals surface area contributed by atoms with Crippen LogP contribution in [0.1, 0.15) is 49.4 Å². The molecule has 0 radical (unpaired) electrons. The monoisotopic (exact) mass is 489 g/mol. The summed E-state index contributed by atoms with van der Waals surface area (Å²) in [5, 5.41) is 6.09. The number of ether oxygens (including phenoxy) is 2. The Kier molecular flexibility index (Phi) is 5.75. The van der Waals surface area contributed by atoms with Gasteiger partial charge in [-0.15, -0.1) is 0 Å². The molecule has 1 heterocycles. The fourth-order valence-electron chi connectivity index (χ4n) is 5.81. The third-order valence-electron chi connectivity index (χ3n) is 7.50. The first-order valence-corrected chi connectivity index (χ1v) is 12.8. The normalized spacial score (nSPS) is 18.1. The summed E-state index contributed by atoms with van der Waals surface area (Å²) >= 11 is 0. The van der Waals surface area contributed by atoms with E-state index in [2.05, 4.69) is 55.6 Å². The molecule has 4 aromatic rings. The van der Waals surface area contributed by atoms with E-state index >= 15 is 0 Å². The molecule has 2 aliphatic rings. The molecule has 6 rings (SSSR count). The number of methoxy groups -OCH3 is 1. The first-order chi connectivity index (χ1) is 17.9. The van der Waals surface area contributed by atoms with Crippen molar-refractivity contribution in [3.63, 3.8) is 0 Å². The van der Waals surface area contributed by atoms with E-state index in [0.29, 0.717) is 24.5 Å². The smallest absolute Gasteiger partial charge is 0.162 e. The van der Waals surface area contributed by atoms with Gasteiger partial charge >= 0.3 is 0 Å². The summed E-state index contributed by atoms with van der Waals surface area (Å²) in [6.45, 7) is 4.85. The Balaban J connectivity index is 1.43. The number of carbonyl (C=O) groups excluding carboxylic acids is 1. The molecular formula is C33H31NO3. The molecule has 4 aromatic carbocycles. The molecule has 1 atom stereocenters. The maximum Gasteiger partial charge on any atom is 0.162 e. The molecule has 0 aromatic heterocycles. The first kappa shape index (κ1) is 23.4. The number of anilines is 1. The Morgan fingerprint density at radius 2 is 1.68 bits per heavy atom. The van der Waals surface area contributed by atoms with Gasteiger partial charge in [0.05, 0.1) is 13.2 Å². The third-order valence-corrected chi connectivity index (χ3v) is 7.50. The van der Waals surface area contributed by atoms with Gasteiger partial charge in [-0.2, -0.15) is 0 Å². The van der Waals surface area contributed by atoms with Crippen LogP contribution in [-0.4, -0.2) is 12.9 Å². The van der Waals surface area contributed by atoms with Gasteiger partial charge in [0.15, 0.2) is 17.3 Å². The van der Waals surface area contributed by atoms with Gasteiger partial charge in [0.2, 0.25) is 0 Å². The number of allylic oxidation sites excluding steroid dienone is 1. The van der Waals surface area contributed by atoms with Gasteiger partial charge in [-0.05, 0) is 57.5 Å². The van der Waals surface area contributed by atoms with E-state index in [9.17, 15) is 4.79 Å². The summed E-state index contributed by atoms with van der Waals surface area (Å²) in [7, 11) is 1.66. The second-order valence-corrected chi connectivity index (χ2v) is 10.8. The van der Waals surface area contributed by atoms with Crippen molar-refractivity contribution in [3.8, 4) is 11.5 Å². The number of carbonyl (C=O) groups is 1. The molecule has 0 amide bonds. The number of hydrogen-bond acceptors (Lipinski definition) is 4. The number of Topliss-reactive ketones (excluding diaryl/α,β-unsaturated/α-hetero) is 1. The number of rotatable bonds is 5. The lowest BCUT2D eigenvalue weighted by molar-refractivity contribution is -0.118. The summed E-state index contributed by atoms with van der Waals surface area (Å²) in [6, 6.07) is 28.6. The zero-order chi connectivity index (χ0) is 25.6. The predicted octanol–water partition coefficient (Wildman–Crippen LogP) is 7.74. The maximum atomic E-state index is 13.7. The lowest BCUT2D eigenvalue weighted by Crippen LogP contribution is -2.33. The van der Waals surface area contributed by atoms with Crippen LogP contribution in [0.2, 0.25) is 0 Å². The molecule has 1 N–H and O–H groups in total. The molecule has 0 saturated carbocycles. The second-order valence-electron chi connectivity index (χ2n) is 10.8. The van der Waals surface area contributed by atoms with Crippen molar-refractivity contribution in [3.05, 3.63) is 107 Å². The lowest BCUT2D eigenvalue weighted by Gasteiger charge is -2.40. The zero-order valence-electron chi connectivity index (χ0n) is 21.5. The molecule has 4 nitrogen and oxygen atoms in total. The predicted molar refractivity (Wildman–Crippen MR) is 149 cm³/mol. The molecule has 0 saturated heterocycles. The van der Waals surface area contributed by atoms with Gasteiger partial charge in [0.1, 0.15) is 6.61 Å². The number of nitrogens with one attached hydrogen (secondary N) is 1. The molecule has 4 heteroatoms. The molecule has 0 unspecified atom stereocenters. The largest absolute Gasteiger partial charge is 0.493 e. The van der Waals surface area contributed by atoms with Crippen LogP contribution in [0.3, 0.4) is 0 Å². The van der Waals surface area contributed by atoms with Gasteiger partial charge in [0.25, 0.3) is 0 Å². The van der Waals surface area contributed by atoms with Crippen molar-refractivity contribution in [2.75, 3.05) is 12.4 Å². The maximum absolute atomic E-state index is 13.7. The molecule has 1 aliphatic heterocycles. The van der Waals surface area contributed by atoms with Crippen LogP contribution in [0.25, 0.3) is 16.3 Å². The van der Waals surface area contributed by atoms with Crippen molar-refractivity contribution in [2.24, 2.45) is 5.41 Å². The molecule has 186 valence electrons. The Morgan fingerprint density at radius 3 is 2.49 bits per heavy atom. The van der Waals surface area contributed by atoms with Crippen LogP contribution in [0, 0.1) is 5.41 Å². The third kappa shape index (κ3) is 4.27. The van der Waals surface area contributed by atoms with Crippen LogP contribution < -0.4 is 14.8 Å². The van der Waals surface area contributed by atoms with E-state index in [1.54, 1.807) is 7.11 Å². The quantitative estimate of drug-likeness (QED) is 0.311. The van der Waals surface area contributed by atoms with Gasteiger partial charge < -0.3 is 14.8 Å². The first-order valence-electron chi connectivity index (χ1n) is 12.8. The van der Waals surface area contributed by atoms with Crippen LogP contribution in [0.4, 0.5) is 5.69 Å². The number of hydrogen-bond donors (Lipinski definition) is 1. The highest BCUT2D eigenvalue weighted by Gasteiger charge is 2.41. The van der Waals surface area contributed by atoms with Crippen molar-refractivity contribution in [2.45, 2.75) is 39.3 Å². The summed E-state index contributed by atoms with van der Waals surface area (Å²) < 4.78 is 11.8. The van der Waals surface area contributed by atoms with Crippen molar-refractivity contribution in [1.82, 2.24) is 0 Å². The van der Waals surface area contributed by atoms with Crippen LogP contribution >= 0.6 is 0 Å². The SMILES string of the molecule is COc1cc([C@H]2Nc3ccc4ccccc4c3C3=C2C(=O)CC(C)(C)C3)ccc1OCc1ccccc1.